The summed E-state index contributed by atoms with van der Waals surface area (Å²) in [6, 6.07) is 21.8. The second kappa shape index (κ2) is 12.6. The molecule has 1 aliphatic heterocycles. The normalized spacial score (nSPS) is 15.2. The Kier molecular flexibility index (Phi) is 9.50. The van der Waals surface area contributed by atoms with Crippen LogP contribution >= 0.6 is 0 Å². The molecule has 3 aromatic carbocycles. The van der Waals surface area contributed by atoms with Gasteiger partial charge in [0.2, 0.25) is 12.3 Å². The Labute approximate surface area is 232 Å². The average molecular weight is 572 g/mol. The molecule has 0 fully saturated rings. The number of rotatable bonds is 8. The van der Waals surface area contributed by atoms with Crippen molar-refractivity contribution in [2.45, 2.75) is 20.0 Å². The minimum Gasteiger partial charge on any atom is -0.418 e. The summed E-state index contributed by atoms with van der Waals surface area (Å²) >= 11 is 0. The number of allylic oxidation sites excluding steroid dienone is 1. The first-order chi connectivity index (χ1) is 19.2. The van der Waals surface area contributed by atoms with Crippen molar-refractivity contribution in [2.24, 2.45) is 10.5 Å². The summed E-state index contributed by atoms with van der Waals surface area (Å²) in [6.07, 6.45) is 2.82. The monoisotopic (exact) mass is 572 g/mol. The predicted molar refractivity (Wildman–Crippen MR) is 147 cm³/mol. The van der Waals surface area contributed by atoms with Gasteiger partial charge in [-0.05, 0) is 60.4 Å². The van der Waals surface area contributed by atoms with Crippen LogP contribution in [-0.2, 0) is 0 Å². The van der Waals surface area contributed by atoms with E-state index in [4.69, 9.17) is 5.10 Å². The van der Waals surface area contributed by atoms with Gasteiger partial charge in [-0.15, -0.1) is 0 Å². The number of aliphatic hydroxyl groups excluding tert-OH is 1. The average Bonchev–Trinajstić information content (AvgIpc) is 3.16. The molecular weight excluding hydrogens is 547 g/mol. The number of aliphatic hydroxyl groups is 1. The van der Waals surface area contributed by atoms with E-state index in [1.807, 2.05) is 56.3 Å². The van der Waals surface area contributed by atoms with Gasteiger partial charge in [-0.2, -0.15) is 0 Å². The molecule has 14 heteroatoms. The van der Waals surface area contributed by atoms with E-state index in [1.165, 1.54) is 36.4 Å². The lowest BCUT2D eigenvalue weighted by molar-refractivity contribution is -0.540. The Morgan fingerprint density at radius 3 is 1.85 bits per heavy atom. The van der Waals surface area contributed by atoms with Crippen LogP contribution in [0.4, 0.5) is 28.6 Å². The third-order valence-electron chi connectivity index (χ3n) is 6.15. The first-order valence-electron chi connectivity index (χ1n) is 12.2. The summed E-state index contributed by atoms with van der Waals surface area (Å²) in [5.41, 5.74) is 3.42. The fourth-order valence-corrected chi connectivity index (χ4v) is 4.16. The van der Waals surface area contributed by atoms with Gasteiger partial charge in [-0.1, -0.05) is 35.0 Å². The van der Waals surface area contributed by atoms with Gasteiger partial charge in [0.25, 0.3) is 11.4 Å². The summed E-state index contributed by atoms with van der Waals surface area (Å²) in [4.78, 5) is 21.0. The van der Waals surface area contributed by atoms with E-state index in [2.05, 4.69) is 0 Å². The van der Waals surface area contributed by atoms with E-state index in [1.54, 1.807) is 16.8 Å². The predicted octanol–water partition coefficient (Wildman–Crippen LogP) is 6.45. The molecule has 1 N–H and O–H groups in total. The summed E-state index contributed by atoms with van der Waals surface area (Å²) < 4.78 is 40.7. The number of hydrogen-bond donors (Lipinski definition) is 1. The van der Waals surface area contributed by atoms with E-state index in [-0.39, 0.29) is 17.9 Å². The van der Waals surface area contributed by atoms with E-state index < -0.39 is 28.6 Å². The lowest BCUT2D eigenvalue weighted by Crippen LogP contribution is -2.32. The highest BCUT2D eigenvalue weighted by atomic mass is 19.5. The second-order valence-corrected chi connectivity index (χ2v) is 9.45. The molecule has 0 saturated heterocycles. The minimum absolute atomic E-state index is 0.0172. The molecule has 0 bridgehead atoms. The van der Waals surface area contributed by atoms with Crippen molar-refractivity contribution in [2.75, 3.05) is 6.54 Å². The van der Waals surface area contributed by atoms with Gasteiger partial charge < -0.3 is 22.4 Å². The highest BCUT2D eigenvalue weighted by Crippen LogP contribution is 2.32. The smallest absolute Gasteiger partial charge is 0.418 e. The van der Waals surface area contributed by atoms with Crippen molar-refractivity contribution in [3.63, 3.8) is 0 Å². The lowest BCUT2D eigenvalue weighted by Gasteiger charge is -2.17. The number of non-ortho nitro benzene ring substituents is 2. The van der Waals surface area contributed by atoms with Crippen LogP contribution in [-0.4, -0.2) is 44.9 Å². The largest absolute Gasteiger partial charge is 0.673 e. The maximum atomic E-state index is 11.0. The number of hydrazone groups is 1. The Balaban J connectivity index is 0.000000850. The number of β-amino-alcohol motifs (C(OH)–C–C–N with tert-alkyl or cyclic N) is 1. The van der Waals surface area contributed by atoms with E-state index in [9.17, 15) is 42.6 Å². The molecule has 1 unspecified atom stereocenters. The maximum Gasteiger partial charge on any atom is 0.673 e. The Hall–Kier alpha value is -4.72. The minimum atomic E-state index is -6.00. The number of nitro benzene ring substituents is 2. The molecule has 0 radical (unpaired) electrons. The Bertz CT molecular complexity index is 1480. The van der Waals surface area contributed by atoms with Crippen molar-refractivity contribution in [1.82, 2.24) is 0 Å². The van der Waals surface area contributed by atoms with Crippen LogP contribution in [0.15, 0.2) is 90.0 Å². The summed E-state index contributed by atoms with van der Waals surface area (Å²) in [5.74, 6) is 0. The molecule has 0 amide bonds. The van der Waals surface area contributed by atoms with Gasteiger partial charge >= 0.3 is 7.25 Å². The molecule has 0 saturated carbocycles. The topological polar surface area (TPSA) is 122 Å². The molecule has 1 atom stereocenters. The molecule has 214 valence electrons. The van der Waals surface area contributed by atoms with Crippen LogP contribution in [0.2, 0.25) is 0 Å². The van der Waals surface area contributed by atoms with Crippen molar-refractivity contribution in [1.29, 1.82) is 0 Å². The molecule has 9 nitrogen and oxygen atoms in total. The third kappa shape index (κ3) is 8.38. The molecule has 1 aliphatic rings. The highest BCUT2D eigenvalue weighted by molar-refractivity contribution is 6.50. The molecule has 41 heavy (non-hydrogen) atoms. The fourth-order valence-electron chi connectivity index (χ4n) is 4.16. The van der Waals surface area contributed by atoms with Gasteiger partial charge in [-0.3, -0.25) is 20.2 Å². The number of nitro groups is 2. The van der Waals surface area contributed by atoms with Crippen LogP contribution < -0.4 is 0 Å². The quantitative estimate of drug-likeness (QED) is 0.109. The standard InChI is InChI=1S/C27H25N4O5.BF4/c1-27(2)25(17-10-19-8-13-22(14-9-19)30(33)34)29(28-26(27)21-6-4-3-5-7-21)18-24(32)20-11-15-23(16-12-20)31(35)36;2-1(3,4)5/h3-17,24,32H,18H2,1-2H3;/q+1;-1/b17-10+;. The van der Waals surface area contributed by atoms with Crippen molar-refractivity contribution in [3.05, 3.63) is 122 Å². The van der Waals surface area contributed by atoms with Gasteiger partial charge in [0.1, 0.15) is 17.2 Å². The third-order valence-corrected chi connectivity index (χ3v) is 6.15. The van der Waals surface area contributed by atoms with Crippen molar-refractivity contribution >= 4 is 36.1 Å². The molecule has 0 aromatic heterocycles. The van der Waals surface area contributed by atoms with Crippen LogP contribution in [0.25, 0.3) is 6.08 Å². The zero-order valence-electron chi connectivity index (χ0n) is 21.9. The summed E-state index contributed by atoms with van der Waals surface area (Å²) in [6.45, 7) is 4.23. The van der Waals surface area contributed by atoms with Crippen LogP contribution in [0.3, 0.4) is 0 Å². The second-order valence-electron chi connectivity index (χ2n) is 9.45. The summed E-state index contributed by atoms with van der Waals surface area (Å²) in [7, 11) is -6.00. The van der Waals surface area contributed by atoms with Gasteiger partial charge in [-0.25, -0.2) is 0 Å². The van der Waals surface area contributed by atoms with Gasteiger partial charge in [0.05, 0.1) is 9.85 Å². The molecule has 4 rings (SSSR count). The molecule has 0 aliphatic carbocycles. The zero-order valence-corrected chi connectivity index (χ0v) is 21.9. The van der Waals surface area contributed by atoms with Crippen LogP contribution in [0, 0.1) is 25.6 Å². The molecular formula is C27H25BF4N4O5. The molecule has 0 spiro atoms. The van der Waals surface area contributed by atoms with Gasteiger partial charge in [0.15, 0.2) is 0 Å². The molecule has 1 heterocycles. The number of hydrogen-bond acceptors (Lipinski definition) is 6. The van der Waals surface area contributed by atoms with Gasteiger partial charge in [0, 0.05) is 35.9 Å². The Morgan fingerprint density at radius 2 is 1.37 bits per heavy atom. The number of halogens is 4. The van der Waals surface area contributed by atoms with Crippen LogP contribution in [0.5, 0.6) is 0 Å². The molecule has 3 aromatic rings. The van der Waals surface area contributed by atoms with Crippen molar-refractivity contribution < 1.29 is 36.9 Å². The lowest BCUT2D eigenvalue weighted by atomic mass is 9.79. The summed E-state index contributed by atoms with van der Waals surface area (Å²) in [5, 5.41) is 37.7. The first kappa shape index (κ1) is 30.8. The maximum absolute atomic E-state index is 11.0. The Morgan fingerprint density at radius 1 is 0.878 bits per heavy atom. The highest BCUT2D eigenvalue weighted by Gasteiger charge is 2.45. The van der Waals surface area contributed by atoms with E-state index in [0.717, 1.165) is 22.6 Å². The van der Waals surface area contributed by atoms with Crippen LogP contribution in [0.1, 0.15) is 36.6 Å². The fraction of sp³-hybridized carbons (Fsp3) is 0.185. The first-order valence-corrected chi connectivity index (χ1v) is 12.2. The SMILES string of the molecule is CC1(C)C(c2ccccc2)=N[N+](CC(O)c2ccc([N+](=O)[O-])cc2)=C1/C=C/c1ccc([N+](=O)[O-])cc1.F[B-](F)(F)F. The zero-order chi connectivity index (χ0) is 30.4. The van der Waals surface area contributed by atoms with Crippen molar-refractivity contribution in [3.8, 4) is 0 Å². The number of nitrogens with zero attached hydrogens (tertiary/aromatic N) is 4. The van der Waals surface area contributed by atoms with E-state index >= 15 is 0 Å². The van der Waals surface area contributed by atoms with E-state index in [0.29, 0.717) is 5.56 Å². The number of benzene rings is 3.